The first-order chi connectivity index (χ1) is 9.69. The van der Waals surface area contributed by atoms with Crippen LogP contribution in [0.15, 0.2) is 24.3 Å². The van der Waals surface area contributed by atoms with Crippen molar-refractivity contribution in [1.29, 1.82) is 0 Å². The quantitative estimate of drug-likeness (QED) is 0.585. The van der Waals surface area contributed by atoms with Gasteiger partial charge in [0, 0.05) is 41.6 Å². The van der Waals surface area contributed by atoms with Crippen molar-refractivity contribution in [3.63, 3.8) is 0 Å². The molecule has 1 atom stereocenters. The molecule has 0 spiro atoms. The van der Waals surface area contributed by atoms with E-state index in [1.54, 1.807) is 7.11 Å². The van der Waals surface area contributed by atoms with Crippen LogP contribution in [0.5, 0.6) is 0 Å². The van der Waals surface area contributed by atoms with Crippen molar-refractivity contribution in [2.45, 2.75) is 31.6 Å². The van der Waals surface area contributed by atoms with Gasteiger partial charge in [-0.15, -0.1) is 0 Å². The van der Waals surface area contributed by atoms with Crippen molar-refractivity contribution in [2.75, 3.05) is 13.7 Å². The lowest BCUT2D eigenvalue weighted by molar-refractivity contribution is -0.118. The van der Waals surface area contributed by atoms with E-state index < -0.39 is 0 Å². The van der Waals surface area contributed by atoms with Crippen LogP contribution < -0.4 is 5.73 Å². The van der Waals surface area contributed by atoms with Crippen LogP contribution in [0.1, 0.15) is 42.7 Å². The smallest absolute Gasteiger partial charge is 0.217 e. The molecule has 3 nitrogen and oxygen atoms in total. The first kappa shape index (κ1) is 16.7. The molecular formula is C16H20BrNO2. The van der Waals surface area contributed by atoms with Crippen molar-refractivity contribution < 1.29 is 9.53 Å². The maximum absolute atomic E-state index is 11.0. The number of amides is 1. The molecule has 0 fully saturated rings. The minimum Gasteiger partial charge on any atom is -0.385 e. The van der Waals surface area contributed by atoms with Crippen LogP contribution >= 0.6 is 15.9 Å². The lowest BCUT2D eigenvalue weighted by Crippen LogP contribution is -2.13. The van der Waals surface area contributed by atoms with Gasteiger partial charge in [-0.25, -0.2) is 0 Å². The molecule has 0 aromatic heterocycles. The highest BCUT2D eigenvalue weighted by Gasteiger charge is 2.15. The lowest BCUT2D eigenvalue weighted by Gasteiger charge is -2.18. The minimum atomic E-state index is -0.259. The normalized spacial score (nSPS) is 11.5. The van der Waals surface area contributed by atoms with Crippen LogP contribution in [0, 0.1) is 10.8 Å². The van der Waals surface area contributed by atoms with E-state index in [-0.39, 0.29) is 11.8 Å². The van der Waals surface area contributed by atoms with Gasteiger partial charge in [-0.3, -0.25) is 4.79 Å². The van der Waals surface area contributed by atoms with Gasteiger partial charge in [-0.2, -0.15) is 0 Å². The molecule has 108 valence electrons. The van der Waals surface area contributed by atoms with Gasteiger partial charge in [-0.1, -0.05) is 24.1 Å². The zero-order valence-corrected chi connectivity index (χ0v) is 13.3. The molecular weight excluding hydrogens is 318 g/mol. The van der Waals surface area contributed by atoms with Crippen LogP contribution in [0.25, 0.3) is 0 Å². The van der Waals surface area contributed by atoms with E-state index in [9.17, 15) is 4.79 Å². The van der Waals surface area contributed by atoms with Crippen LogP contribution in [0.2, 0.25) is 0 Å². The summed E-state index contributed by atoms with van der Waals surface area (Å²) in [4.78, 5) is 13.8. The molecule has 1 aromatic carbocycles. The average Bonchev–Trinajstić information content (AvgIpc) is 2.44. The summed E-state index contributed by atoms with van der Waals surface area (Å²) in [6, 6.07) is 8.04. The second-order valence-electron chi connectivity index (χ2n) is 4.64. The molecule has 0 aliphatic carbocycles. The molecule has 0 saturated heterocycles. The molecule has 4 heteroatoms. The number of carbonyl (C=O) groups is 1. The summed E-state index contributed by atoms with van der Waals surface area (Å²) in [6.07, 6.45) is 3.06. The molecule has 0 saturated carbocycles. The third kappa shape index (κ3) is 5.77. The number of carbonyl (C=O) groups excluding carboxylic acids is 1. The summed E-state index contributed by atoms with van der Waals surface area (Å²) < 4.78 is 5.10. The van der Waals surface area contributed by atoms with Gasteiger partial charge in [0.15, 0.2) is 0 Å². The Balaban J connectivity index is 2.89. The third-order valence-electron chi connectivity index (χ3n) is 3.22. The number of halogens is 1. The predicted octanol–water partition coefficient (Wildman–Crippen LogP) is 3.17. The molecule has 1 unspecified atom stereocenters. The Morgan fingerprint density at radius 1 is 1.40 bits per heavy atom. The maximum Gasteiger partial charge on any atom is 0.217 e. The molecule has 1 aromatic rings. The highest BCUT2D eigenvalue weighted by Crippen LogP contribution is 2.28. The summed E-state index contributed by atoms with van der Waals surface area (Å²) in [6.45, 7) is 0.722. The largest absolute Gasteiger partial charge is 0.385 e. The van der Waals surface area contributed by atoms with Crippen LogP contribution in [0.4, 0.5) is 0 Å². The molecule has 2 N–H and O–H groups in total. The maximum atomic E-state index is 11.0. The number of hydrogen-bond donors (Lipinski definition) is 1. The van der Waals surface area contributed by atoms with Gasteiger partial charge >= 0.3 is 0 Å². The van der Waals surface area contributed by atoms with Crippen molar-refractivity contribution in [3.05, 3.63) is 35.4 Å². The van der Waals surface area contributed by atoms with E-state index in [0.29, 0.717) is 6.42 Å². The summed E-state index contributed by atoms with van der Waals surface area (Å²) in [7, 11) is 1.70. The number of methoxy groups -OCH3 is 1. The molecule has 0 aliphatic heterocycles. The standard InChI is InChI=1S/C16H20BrNO2/c1-20-12-4-6-13(8-9-16(18)19)15-7-3-2-5-14(15)10-11-17/h2-3,5,7,13H,4,6,8-9,12H2,1H3,(H2,18,19). The Morgan fingerprint density at radius 2 is 2.15 bits per heavy atom. The molecule has 1 rings (SSSR count). The van der Waals surface area contributed by atoms with Gasteiger partial charge in [0.05, 0.1) is 0 Å². The average molecular weight is 338 g/mol. The molecule has 0 aliphatic rings. The molecule has 0 bridgehead atoms. The summed E-state index contributed by atoms with van der Waals surface area (Å²) in [5.41, 5.74) is 7.45. The fraction of sp³-hybridized carbons (Fsp3) is 0.438. The molecule has 20 heavy (non-hydrogen) atoms. The van der Waals surface area contributed by atoms with Gasteiger partial charge in [0.25, 0.3) is 0 Å². The number of nitrogens with two attached hydrogens (primary N) is 1. The SMILES string of the molecule is COCCCC(CCC(N)=O)c1ccccc1C#CBr. The van der Waals surface area contributed by atoms with E-state index in [1.165, 1.54) is 5.56 Å². The number of hydrogen-bond acceptors (Lipinski definition) is 2. The van der Waals surface area contributed by atoms with Crippen molar-refractivity contribution in [2.24, 2.45) is 5.73 Å². The predicted molar refractivity (Wildman–Crippen MR) is 84.5 cm³/mol. The van der Waals surface area contributed by atoms with E-state index in [0.717, 1.165) is 31.4 Å². The molecule has 0 heterocycles. The molecule has 1 amide bonds. The van der Waals surface area contributed by atoms with Crippen molar-refractivity contribution >= 4 is 21.8 Å². The Bertz CT molecular complexity index is 491. The second-order valence-corrected chi connectivity index (χ2v) is 5.04. The highest BCUT2D eigenvalue weighted by atomic mass is 79.9. The Morgan fingerprint density at radius 3 is 2.80 bits per heavy atom. The van der Waals surface area contributed by atoms with E-state index in [4.69, 9.17) is 10.5 Å². The van der Waals surface area contributed by atoms with Gasteiger partial charge in [0.1, 0.15) is 0 Å². The Hall–Kier alpha value is -1.31. The molecule has 0 radical (unpaired) electrons. The third-order valence-corrected chi connectivity index (χ3v) is 3.42. The Labute approximate surface area is 129 Å². The lowest BCUT2D eigenvalue weighted by atomic mass is 9.87. The number of rotatable bonds is 8. The van der Waals surface area contributed by atoms with Gasteiger partial charge < -0.3 is 10.5 Å². The first-order valence-corrected chi connectivity index (χ1v) is 7.46. The fourth-order valence-corrected chi connectivity index (χ4v) is 2.48. The minimum absolute atomic E-state index is 0.259. The monoisotopic (exact) mass is 337 g/mol. The van der Waals surface area contributed by atoms with Gasteiger partial charge in [0.2, 0.25) is 5.91 Å². The van der Waals surface area contributed by atoms with E-state index in [2.05, 4.69) is 32.7 Å². The topological polar surface area (TPSA) is 52.3 Å². The Kier molecular flexibility index (Phi) is 8.01. The van der Waals surface area contributed by atoms with E-state index in [1.807, 2.05) is 18.2 Å². The second kappa shape index (κ2) is 9.57. The van der Waals surface area contributed by atoms with Crippen LogP contribution in [-0.4, -0.2) is 19.6 Å². The number of primary amides is 1. The highest BCUT2D eigenvalue weighted by molar-refractivity contribution is 9.12. The summed E-state index contributed by atoms with van der Waals surface area (Å²) >= 11 is 3.14. The van der Waals surface area contributed by atoms with Crippen molar-refractivity contribution in [1.82, 2.24) is 0 Å². The zero-order valence-electron chi connectivity index (χ0n) is 11.7. The summed E-state index contributed by atoms with van der Waals surface area (Å²) in [5, 5.41) is 0. The first-order valence-electron chi connectivity index (χ1n) is 6.66. The van der Waals surface area contributed by atoms with E-state index >= 15 is 0 Å². The van der Waals surface area contributed by atoms with Gasteiger partial charge in [-0.05, 0) is 41.6 Å². The fourth-order valence-electron chi connectivity index (χ4n) is 2.26. The summed E-state index contributed by atoms with van der Waals surface area (Å²) in [5.74, 6) is 3.08. The van der Waals surface area contributed by atoms with Crippen LogP contribution in [0.3, 0.4) is 0 Å². The number of ether oxygens (including phenoxy) is 1. The number of benzene rings is 1. The van der Waals surface area contributed by atoms with Crippen LogP contribution in [-0.2, 0) is 9.53 Å². The zero-order chi connectivity index (χ0) is 14.8. The van der Waals surface area contributed by atoms with Crippen molar-refractivity contribution in [3.8, 4) is 10.8 Å².